The third-order valence-corrected chi connectivity index (χ3v) is 3.42. The Morgan fingerprint density at radius 1 is 1.45 bits per heavy atom. The van der Waals surface area contributed by atoms with Crippen LogP contribution in [-0.4, -0.2) is 29.1 Å². The number of nitrogen functional groups attached to an aromatic ring is 1. The third-order valence-electron chi connectivity index (χ3n) is 3.42. The summed E-state index contributed by atoms with van der Waals surface area (Å²) in [6.45, 7) is 4.61. The van der Waals surface area contributed by atoms with E-state index in [9.17, 15) is 14.9 Å². The van der Waals surface area contributed by atoms with Crippen molar-refractivity contribution >= 4 is 17.3 Å². The van der Waals surface area contributed by atoms with Crippen LogP contribution in [0.15, 0.2) is 18.2 Å². The van der Waals surface area contributed by atoms with Crippen LogP contribution < -0.4 is 11.1 Å². The summed E-state index contributed by atoms with van der Waals surface area (Å²) in [6, 6.07) is 4.16. The van der Waals surface area contributed by atoms with Crippen molar-refractivity contribution in [3.05, 3.63) is 33.9 Å². The molecule has 7 heteroatoms. The fourth-order valence-electron chi connectivity index (χ4n) is 2.39. The molecule has 0 aliphatic rings. The standard InChI is InChI=1S/C15H23N3O4/c1-10(2)8-11(6-7-19)9-17-15(20)12-4-3-5-13(14(12)16)18(21)22/h3-5,10-11,19H,6-9,16H2,1-2H3,(H,17,20). The highest BCUT2D eigenvalue weighted by Crippen LogP contribution is 2.24. The number of anilines is 1. The van der Waals surface area contributed by atoms with Crippen LogP contribution in [0, 0.1) is 22.0 Å². The summed E-state index contributed by atoms with van der Waals surface area (Å²) in [7, 11) is 0. The second-order valence-electron chi connectivity index (χ2n) is 5.71. The molecule has 22 heavy (non-hydrogen) atoms. The minimum absolute atomic E-state index is 0.0617. The summed E-state index contributed by atoms with van der Waals surface area (Å²) in [4.78, 5) is 22.4. The van der Waals surface area contributed by atoms with Crippen molar-refractivity contribution in [3.8, 4) is 0 Å². The molecule has 0 aliphatic carbocycles. The molecule has 0 bridgehead atoms. The lowest BCUT2D eigenvalue weighted by Crippen LogP contribution is -2.31. The molecule has 0 radical (unpaired) electrons. The van der Waals surface area contributed by atoms with Crippen LogP contribution in [0.2, 0.25) is 0 Å². The molecular weight excluding hydrogens is 286 g/mol. The van der Waals surface area contributed by atoms with Gasteiger partial charge in [-0.15, -0.1) is 0 Å². The van der Waals surface area contributed by atoms with Gasteiger partial charge in [-0.05, 0) is 30.7 Å². The SMILES string of the molecule is CC(C)CC(CCO)CNC(=O)c1cccc([N+](=O)[O-])c1N. The van der Waals surface area contributed by atoms with Crippen molar-refractivity contribution < 1.29 is 14.8 Å². The summed E-state index contributed by atoms with van der Waals surface area (Å²) in [5.41, 5.74) is 5.38. The van der Waals surface area contributed by atoms with E-state index in [0.717, 1.165) is 6.42 Å². The first-order chi connectivity index (χ1) is 10.4. The van der Waals surface area contributed by atoms with Gasteiger partial charge in [-0.2, -0.15) is 0 Å². The van der Waals surface area contributed by atoms with Gasteiger partial charge < -0.3 is 16.2 Å². The van der Waals surface area contributed by atoms with Crippen LogP contribution >= 0.6 is 0 Å². The normalized spacial score (nSPS) is 12.2. The molecule has 1 unspecified atom stereocenters. The number of carbonyl (C=O) groups is 1. The van der Waals surface area contributed by atoms with Crippen LogP contribution in [0.3, 0.4) is 0 Å². The number of aliphatic hydroxyl groups is 1. The Labute approximate surface area is 129 Å². The number of hydrogen-bond acceptors (Lipinski definition) is 5. The average molecular weight is 309 g/mol. The lowest BCUT2D eigenvalue weighted by Gasteiger charge is -2.18. The zero-order valence-electron chi connectivity index (χ0n) is 12.9. The largest absolute Gasteiger partial charge is 0.396 e. The van der Waals surface area contributed by atoms with Crippen LogP contribution in [0.5, 0.6) is 0 Å². The molecule has 1 atom stereocenters. The van der Waals surface area contributed by atoms with Gasteiger partial charge in [0.25, 0.3) is 11.6 Å². The van der Waals surface area contributed by atoms with E-state index in [1.165, 1.54) is 18.2 Å². The fourth-order valence-corrected chi connectivity index (χ4v) is 2.39. The van der Waals surface area contributed by atoms with Crippen LogP contribution in [0.1, 0.15) is 37.0 Å². The first-order valence-corrected chi connectivity index (χ1v) is 7.28. The fraction of sp³-hybridized carbons (Fsp3) is 0.533. The zero-order chi connectivity index (χ0) is 16.7. The Balaban J connectivity index is 2.76. The predicted molar refractivity (Wildman–Crippen MR) is 84.5 cm³/mol. The summed E-state index contributed by atoms with van der Waals surface area (Å²) in [5, 5.41) is 22.6. The summed E-state index contributed by atoms with van der Waals surface area (Å²) in [6.07, 6.45) is 1.48. The summed E-state index contributed by atoms with van der Waals surface area (Å²) >= 11 is 0. The smallest absolute Gasteiger partial charge is 0.292 e. The minimum Gasteiger partial charge on any atom is -0.396 e. The van der Waals surface area contributed by atoms with E-state index < -0.39 is 10.8 Å². The highest BCUT2D eigenvalue weighted by molar-refractivity contribution is 6.00. The number of aliphatic hydroxyl groups excluding tert-OH is 1. The Kier molecular flexibility index (Phi) is 6.78. The number of nitro benzene ring substituents is 1. The number of carbonyl (C=O) groups excluding carboxylic acids is 1. The Bertz CT molecular complexity index is 532. The van der Waals surface area contributed by atoms with Crippen LogP contribution in [-0.2, 0) is 0 Å². The number of benzene rings is 1. The molecule has 1 amide bonds. The first kappa shape index (κ1) is 17.9. The highest BCUT2D eigenvalue weighted by Gasteiger charge is 2.20. The first-order valence-electron chi connectivity index (χ1n) is 7.28. The quantitative estimate of drug-likeness (QED) is 0.385. The lowest BCUT2D eigenvalue weighted by atomic mass is 9.94. The topological polar surface area (TPSA) is 118 Å². The predicted octanol–water partition coefficient (Wildman–Crippen LogP) is 1.95. The lowest BCUT2D eigenvalue weighted by molar-refractivity contribution is -0.383. The molecule has 0 fully saturated rings. The molecule has 0 heterocycles. The molecule has 7 nitrogen and oxygen atoms in total. The number of rotatable bonds is 8. The molecule has 0 aromatic heterocycles. The molecule has 0 saturated heterocycles. The van der Waals surface area contributed by atoms with Gasteiger partial charge in [-0.3, -0.25) is 14.9 Å². The van der Waals surface area contributed by atoms with Crippen molar-refractivity contribution in [2.45, 2.75) is 26.7 Å². The van der Waals surface area contributed by atoms with Gasteiger partial charge in [0.15, 0.2) is 0 Å². The van der Waals surface area contributed by atoms with Crippen molar-refractivity contribution in [2.24, 2.45) is 11.8 Å². The number of amides is 1. The van der Waals surface area contributed by atoms with Crippen LogP contribution in [0.4, 0.5) is 11.4 Å². The molecular formula is C15H23N3O4. The molecule has 1 rings (SSSR count). The Morgan fingerprint density at radius 3 is 2.68 bits per heavy atom. The monoisotopic (exact) mass is 309 g/mol. The van der Waals surface area contributed by atoms with E-state index in [4.69, 9.17) is 10.8 Å². The zero-order valence-corrected chi connectivity index (χ0v) is 12.9. The number of para-hydroxylation sites is 1. The summed E-state index contributed by atoms with van der Waals surface area (Å²) in [5.74, 6) is 0.179. The second-order valence-corrected chi connectivity index (χ2v) is 5.71. The van der Waals surface area contributed by atoms with E-state index in [2.05, 4.69) is 19.2 Å². The molecule has 4 N–H and O–H groups in total. The number of nitrogens with two attached hydrogens (primary N) is 1. The highest BCUT2D eigenvalue weighted by atomic mass is 16.6. The van der Waals surface area contributed by atoms with Gasteiger partial charge in [-0.1, -0.05) is 19.9 Å². The maximum atomic E-state index is 12.2. The van der Waals surface area contributed by atoms with Gasteiger partial charge in [0.05, 0.1) is 10.5 Å². The van der Waals surface area contributed by atoms with Crippen molar-refractivity contribution in [2.75, 3.05) is 18.9 Å². The van der Waals surface area contributed by atoms with Gasteiger partial charge in [0, 0.05) is 19.2 Å². The third kappa shape index (κ3) is 5.00. The molecule has 0 saturated carbocycles. The Hall–Kier alpha value is -2.15. The maximum absolute atomic E-state index is 12.2. The Morgan fingerprint density at radius 2 is 2.14 bits per heavy atom. The molecule has 122 valence electrons. The molecule has 0 spiro atoms. The van der Waals surface area contributed by atoms with E-state index in [0.29, 0.717) is 18.9 Å². The molecule has 1 aromatic carbocycles. The van der Waals surface area contributed by atoms with E-state index in [1.54, 1.807) is 0 Å². The number of nitro groups is 1. The average Bonchev–Trinajstić information content (AvgIpc) is 2.44. The van der Waals surface area contributed by atoms with Gasteiger partial charge >= 0.3 is 0 Å². The molecule has 1 aromatic rings. The number of hydrogen-bond donors (Lipinski definition) is 3. The minimum atomic E-state index is -0.612. The maximum Gasteiger partial charge on any atom is 0.292 e. The van der Waals surface area contributed by atoms with Crippen LogP contribution in [0.25, 0.3) is 0 Å². The summed E-state index contributed by atoms with van der Waals surface area (Å²) < 4.78 is 0. The van der Waals surface area contributed by atoms with E-state index in [1.807, 2.05) is 0 Å². The van der Waals surface area contributed by atoms with Gasteiger partial charge in [0.1, 0.15) is 5.69 Å². The van der Waals surface area contributed by atoms with E-state index >= 15 is 0 Å². The van der Waals surface area contributed by atoms with Gasteiger partial charge in [0.2, 0.25) is 0 Å². The van der Waals surface area contributed by atoms with Crippen molar-refractivity contribution in [1.82, 2.24) is 5.32 Å². The molecule has 0 aliphatic heterocycles. The van der Waals surface area contributed by atoms with E-state index in [-0.39, 0.29) is 29.5 Å². The second kappa shape index (κ2) is 8.33. The van der Waals surface area contributed by atoms with Crippen molar-refractivity contribution in [1.29, 1.82) is 0 Å². The number of nitrogens with one attached hydrogen (secondary N) is 1. The van der Waals surface area contributed by atoms with Gasteiger partial charge in [-0.25, -0.2) is 0 Å². The number of nitrogens with zero attached hydrogens (tertiary/aromatic N) is 1. The van der Waals surface area contributed by atoms with Crippen molar-refractivity contribution in [3.63, 3.8) is 0 Å².